The van der Waals surface area contributed by atoms with Crippen molar-refractivity contribution >= 4 is 28.6 Å². The maximum Gasteiger partial charge on any atom is 0.233 e. The SMILES string of the molecule is C=CCn1c(SCC(=O)N2CCCCC2)nnc1-c1cc2ccccc2o1. The van der Waals surface area contributed by atoms with Gasteiger partial charge in [-0.15, -0.1) is 16.8 Å². The summed E-state index contributed by atoms with van der Waals surface area (Å²) in [6.45, 7) is 6.11. The molecule has 1 aliphatic rings. The van der Waals surface area contributed by atoms with Crippen LogP contribution < -0.4 is 0 Å². The minimum atomic E-state index is 0.165. The number of allylic oxidation sites excluding steroid dienone is 1. The summed E-state index contributed by atoms with van der Waals surface area (Å²) in [6, 6.07) is 9.82. The topological polar surface area (TPSA) is 64.2 Å². The summed E-state index contributed by atoms with van der Waals surface area (Å²) in [4.78, 5) is 14.4. The van der Waals surface area contributed by atoms with E-state index >= 15 is 0 Å². The van der Waals surface area contributed by atoms with E-state index in [4.69, 9.17) is 4.42 Å². The first kappa shape index (κ1) is 17.9. The number of benzene rings is 1. The Hall–Kier alpha value is -2.54. The first-order chi connectivity index (χ1) is 13.3. The van der Waals surface area contributed by atoms with Gasteiger partial charge in [0, 0.05) is 25.0 Å². The zero-order valence-corrected chi connectivity index (χ0v) is 16.0. The predicted molar refractivity (Wildman–Crippen MR) is 107 cm³/mol. The fourth-order valence-corrected chi connectivity index (χ4v) is 4.17. The molecule has 3 heterocycles. The lowest BCUT2D eigenvalue weighted by atomic mass is 10.1. The molecule has 6 nitrogen and oxygen atoms in total. The molecule has 1 aliphatic heterocycles. The minimum absolute atomic E-state index is 0.165. The van der Waals surface area contributed by atoms with E-state index in [0.717, 1.165) is 36.9 Å². The first-order valence-electron chi connectivity index (χ1n) is 9.20. The largest absolute Gasteiger partial charge is 0.453 e. The van der Waals surface area contributed by atoms with Crippen molar-refractivity contribution in [2.45, 2.75) is 31.0 Å². The van der Waals surface area contributed by atoms with E-state index < -0.39 is 0 Å². The van der Waals surface area contributed by atoms with E-state index in [1.807, 2.05) is 39.8 Å². The number of para-hydroxylation sites is 1. The average molecular weight is 382 g/mol. The highest BCUT2D eigenvalue weighted by Gasteiger charge is 2.20. The number of rotatable bonds is 6. The van der Waals surface area contributed by atoms with Gasteiger partial charge in [0.2, 0.25) is 11.7 Å². The van der Waals surface area contributed by atoms with Crippen LogP contribution in [0, 0.1) is 0 Å². The van der Waals surface area contributed by atoms with Gasteiger partial charge in [0.1, 0.15) is 5.58 Å². The van der Waals surface area contributed by atoms with Crippen LogP contribution in [0.2, 0.25) is 0 Å². The predicted octanol–water partition coefficient (Wildman–Crippen LogP) is 3.98. The molecule has 1 saturated heterocycles. The summed E-state index contributed by atoms with van der Waals surface area (Å²) in [7, 11) is 0. The van der Waals surface area contributed by atoms with Crippen LogP contribution in [0.1, 0.15) is 19.3 Å². The van der Waals surface area contributed by atoms with Crippen LogP contribution in [0.5, 0.6) is 0 Å². The molecule has 3 aromatic rings. The van der Waals surface area contributed by atoms with Gasteiger partial charge in [-0.2, -0.15) is 0 Å². The summed E-state index contributed by atoms with van der Waals surface area (Å²) in [5, 5.41) is 10.3. The molecule has 0 N–H and O–H groups in total. The summed E-state index contributed by atoms with van der Waals surface area (Å²) in [6.07, 6.45) is 5.20. The number of fused-ring (bicyclic) bond motifs is 1. The van der Waals surface area contributed by atoms with Gasteiger partial charge >= 0.3 is 0 Å². The van der Waals surface area contributed by atoms with Crippen LogP contribution in [0.15, 0.2) is 52.6 Å². The molecular weight excluding hydrogens is 360 g/mol. The number of carbonyl (C=O) groups is 1. The monoisotopic (exact) mass is 382 g/mol. The Morgan fingerprint density at radius 3 is 2.81 bits per heavy atom. The molecule has 1 fully saturated rings. The van der Waals surface area contributed by atoms with Crippen LogP contribution in [0.3, 0.4) is 0 Å². The Kier molecular flexibility index (Phi) is 5.29. The zero-order valence-electron chi connectivity index (χ0n) is 15.1. The fourth-order valence-electron chi connectivity index (χ4n) is 3.32. The Labute approximate surface area is 162 Å². The molecule has 0 spiro atoms. The highest BCUT2D eigenvalue weighted by Crippen LogP contribution is 2.29. The molecule has 7 heteroatoms. The van der Waals surface area contributed by atoms with Gasteiger partial charge in [-0.1, -0.05) is 36.0 Å². The van der Waals surface area contributed by atoms with Gasteiger partial charge < -0.3 is 9.32 Å². The number of aromatic nitrogens is 3. The third kappa shape index (κ3) is 3.78. The fraction of sp³-hybridized carbons (Fsp3) is 0.350. The maximum atomic E-state index is 12.4. The number of carbonyl (C=O) groups excluding carboxylic acids is 1. The summed E-state index contributed by atoms with van der Waals surface area (Å²) >= 11 is 1.42. The highest BCUT2D eigenvalue weighted by molar-refractivity contribution is 7.99. The number of piperidine rings is 1. The molecule has 0 aliphatic carbocycles. The summed E-state index contributed by atoms with van der Waals surface area (Å²) < 4.78 is 7.88. The van der Waals surface area contributed by atoms with E-state index in [0.29, 0.717) is 29.0 Å². The lowest BCUT2D eigenvalue weighted by molar-refractivity contribution is -0.129. The van der Waals surface area contributed by atoms with Crippen molar-refractivity contribution in [3.8, 4) is 11.6 Å². The Morgan fingerprint density at radius 2 is 2.04 bits per heavy atom. The molecule has 4 rings (SSSR count). The lowest BCUT2D eigenvalue weighted by Gasteiger charge is -2.26. The number of hydrogen-bond acceptors (Lipinski definition) is 5. The molecule has 2 aromatic heterocycles. The molecule has 1 amide bonds. The molecule has 0 unspecified atom stereocenters. The lowest BCUT2D eigenvalue weighted by Crippen LogP contribution is -2.36. The normalized spacial score (nSPS) is 14.6. The van der Waals surface area contributed by atoms with Crippen molar-refractivity contribution in [3.63, 3.8) is 0 Å². The molecule has 0 radical (unpaired) electrons. The smallest absolute Gasteiger partial charge is 0.233 e. The van der Waals surface area contributed by atoms with Crippen molar-refractivity contribution < 1.29 is 9.21 Å². The van der Waals surface area contributed by atoms with Gasteiger partial charge in [0.05, 0.1) is 5.75 Å². The second-order valence-electron chi connectivity index (χ2n) is 6.58. The number of nitrogens with zero attached hydrogens (tertiary/aromatic N) is 4. The molecule has 0 bridgehead atoms. The number of thioether (sulfide) groups is 1. The van der Waals surface area contributed by atoms with Gasteiger partial charge in [-0.05, 0) is 31.4 Å². The minimum Gasteiger partial charge on any atom is -0.453 e. The standard InChI is InChI=1S/C20H22N4O2S/c1-2-10-24-19(17-13-15-8-4-5-9-16(15)26-17)21-22-20(24)27-14-18(25)23-11-6-3-7-12-23/h2,4-5,8-9,13H,1,3,6-7,10-12,14H2. The van der Waals surface area contributed by atoms with Crippen LogP contribution in [0.4, 0.5) is 0 Å². The second-order valence-corrected chi connectivity index (χ2v) is 7.53. The second kappa shape index (κ2) is 8.00. The van der Waals surface area contributed by atoms with Crippen molar-refractivity contribution in [2.24, 2.45) is 0 Å². The molecule has 1 aromatic carbocycles. The molecular formula is C20H22N4O2S. The van der Waals surface area contributed by atoms with Crippen molar-refractivity contribution in [3.05, 3.63) is 43.0 Å². The van der Waals surface area contributed by atoms with Crippen LogP contribution >= 0.6 is 11.8 Å². The Morgan fingerprint density at radius 1 is 1.22 bits per heavy atom. The van der Waals surface area contributed by atoms with E-state index in [-0.39, 0.29) is 5.91 Å². The van der Waals surface area contributed by atoms with Crippen molar-refractivity contribution in [2.75, 3.05) is 18.8 Å². The van der Waals surface area contributed by atoms with Crippen LogP contribution in [-0.2, 0) is 11.3 Å². The first-order valence-corrected chi connectivity index (χ1v) is 10.2. The number of amides is 1. The van der Waals surface area contributed by atoms with Crippen LogP contribution in [-0.4, -0.2) is 44.4 Å². The Bertz CT molecular complexity index is 923. The number of furan rings is 1. The highest BCUT2D eigenvalue weighted by atomic mass is 32.2. The number of likely N-dealkylation sites (tertiary alicyclic amines) is 1. The zero-order chi connectivity index (χ0) is 18.6. The molecule has 0 saturated carbocycles. The molecule has 27 heavy (non-hydrogen) atoms. The molecule has 0 atom stereocenters. The average Bonchev–Trinajstić information content (AvgIpc) is 3.31. The van der Waals surface area contributed by atoms with Gasteiger partial charge in [-0.25, -0.2) is 0 Å². The third-order valence-electron chi connectivity index (χ3n) is 4.71. The quantitative estimate of drug-likeness (QED) is 0.477. The van der Waals surface area contributed by atoms with E-state index in [1.54, 1.807) is 6.08 Å². The summed E-state index contributed by atoms with van der Waals surface area (Å²) in [5.41, 5.74) is 0.815. The van der Waals surface area contributed by atoms with E-state index in [9.17, 15) is 4.79 Å². The maximum absolute atomic E-state index is 12.4. The van der Waals surface area contributed by atoms with Crippen molar-refractivity contribution in [1.82, 2.24) is 19.7 Å². The number of hydrogen-bond donors (Lipinski definition) is 0. The Balaban J connectivity index is 1.54. The summed E-state index contributed by atoms with van der Waals surface area (Å²) in [5.74, 6) is 1.85. The van der Waals surface area contributed by atoms with Crippen LogP contribution in [0.25, 0.3) is 22.6 Å². The van der Waals surface area contributed by atoms with Crippen molar-refractivity contribution in [1.29, 1.82) is 0 Å². The molecule has 140 valence electrons. The van der Waals surface area contributed by atoms with E-state index in [1.165, 1.54) is 18.2 Å². The van der Waals surface area contributed by atoms with Gasteiger partial charge in [0.25, 0.3) is 0 Å². The van der Waals surface area contributed by atoms with Gasteiger partial charge in [0.15, 0.2) is 10.9 Å². The van der Waals surface area contributed by atoms with Gasteiger partial charge in [-0.3, -0.25) is 9.36 Å². The third-order valence-corrected chi connectivity index (χ3v) is 5.66. The van der Waals surface area contributed by atoms with E-state index in [2.05, 4.69) is 16.8 Å².